The molecule has 2 aromatic rings. The maximum atomic E-state index is 13.1. The van der Waals surface area contributed by atoms with Crippen LogP contribution in [0.4, 0.5) is 0 Å². The van der Waals surface area contributed by atoms with Crippen LogP contribution < -0.4 is 10.1 Å². The topological polar surface area (TPSA) is 58.6 Å². The average molecular weight is 397 g/mol. The van der Waals surface area contributed by atoms with Crippen molar-refractivity contribution in [3.8, 4) is 5.75 Å². The van der Waals surface area contributed by atoms with Gasteiger partial charge in [-0.1, -0.05) is 55.3 Å². The second kappa shape index (κ2) is 11.2. The van der Waals surface area contributed by atoms with E-state index in [0.717, 1.165) is 35.3 Å². The van der Waals surface area contributed by atoms with E-state index in [1.54, 1.807) is 18.9 Å². The number of hydrogen-bond donors (Lipinski definition) is 1. The molecule has 29 heavy (non-hydrogen) atoms. The van der Waals surface area contributed by atoms with E-state index in [4.69, 9.17) is 4.74 Å². The van der Waals surface area contributed by atoms with Gasteiger partial charge in [0.25, 0.3) is 0 Å². The summed E-state index contributed by atoms with van der Waals surface area (Å²) in [4.78, 5) is 27.4. The number of nitrogens with zero attached hydrogens (tertiary/aromatic N) is 1. The number of rotatable bonds is 10. The van der Waals surface area contributed by atoms with Crippen molar-refractivity contribution in [2.75, 3.05) is 13.7 Å². The number of carbonyl (C=O) groups excluding carboxylic acids is 2. The third-order valence-electron chi connectivity index (χ3n) is 4.95. The molecule has 2 aromatic carbocycles. The van der Waals surface area contributed by atoms with Crippen LogP contribution in [0.15, 0.2) is 48.5 Å². The van der Waals surface area contributed by atoms with Crippen molar-refractivity contribution in [2.45, 2.75) is 52.6 Å². The molecule has 2 rings (SSSR count). The summed E-state index contributed by atoms with van der Waals surface area (Å²) in [6.45, 7) is 6.88. The zero-order valence-electron chi connectivity index (χ0n) is 17.9. The first-order valence-corrected chi connectivity index (χ1v) is 10.2. The lowest BCUT2D eigenvalue weighted by Gasteiger charge is -2.29. The van der Waals surface area contributed by atoms with Crippen LogP contribution in [0.1, 0.15) is 43.4 Å². The number of benzene rings is 2. The molecule has 1 N–H and O–H groups in total. The number of unbranched alkanes of at least 4 members (excludes halogenated alkanes) is 1. The highest BCUT2D eigenvalue weighted by Crippen LogP contribution is 2.16. The Kier molecular flexibility index (Phi) is 8.71. The van der Waals surface area contributed by atoms with Crippen LogP contribution in [0, 0.1) is 6.92 Å². The molecule has 0 aromatic heterocycles. The van der Waals surface area contributed by atoms with E-state index in [2.05, 4.69) is 12.2 Å². The third kappa shape index (κ3) is 6.93. The number of nitrogens with one attached hydrogen (secondary N) is 1. The second-order valence-electron chi connectivity index (χ2n) is 7.36. The van der Waals surface area contributed by atoms with Crippen LogP contribution in [0.2, 0.25) is 0 Å². The molecule has 2 amide bonds. The van der Waals surface area contributed by atoms with Crippen molar-refractivity contribution in [2.24, 2.45) is 0 Å². The number of ether oxygens (including phenoxy) is 1. The number of hydrogen-bond acceptors (Lipinski definition) is 3. The Balaban J connectivity index is 2.18. The fourth-order valence-corrected chi connectivity index (χ4v) is 3.14. The molecule has 0 heterocycles. The normalized spacial score (nSPS) is 11.6. The van der Waals surface area contributed by atoms with E-state index in [-0.39, 0.29) is 18.2 Å². The monoisotopic (exact) mass is 396 g/mol. The van der Waals surface area contributed by atoms with E-state index in [0.29, 0.717) is 13.1 Å². The Hall–Kier alpha value is -2.82. The van der Waals surface area contributed by atoms with Crippen molar-refractivity contribution in [3.63, 3.8) is 0 Å². The predicted octanol–water partition coefficient (Wildman–Crippen LogP) is 3.88. The zero-order chi connectivity index (χ0) is 21.2. The zero-order valence-corrected chi connectivity index (χ0v) is 17.9. The molecule has 5 heteroatoms. The molecule has 5 nitrogen and oxygen atoms in total. The molecule has 0 saturated heterocycles. The molecule has 0 radical (unpaired) electrons. The SMILES string of the molecule is CCCCNC(=O)C(C)N(Cc1ccc(OC)cc1)C(=O)Cc1cccc(C)c1. The van der Waals surface area contributed by atoms with Gasteiger partial charge in [0.05, 0.1) is 13.5 Å². The molecule has 1 atom stereocenters. The van der Waals surface area contributed by atoms with Gasteiger partial charge in [-0.3, -0.25) is 9.59 Å². The maximum absolute atomic E-state index is 13.1. The highest BCUT2D eigenvalue weighted by Gasteiger charge is 2.26. The van der Waals surface area contributed by atoms with Crippen LogP contribution >= 0.6 is 0 Å². The van der Waals surface area contributed by atoms with Crippen molar-refractivity contribution >= 4 is 11.8 Å². The smallest absolute Gasteiger partial charge is 0.242 e. The van der Waals surface area contributed by atoms with Crippen molar-refractivity contribution in [1.29, 1.82) is 0 Å². The lowest BCUT2D eigenvalue weighted by atomic mass is 10.1. The molecule has 0 aliphatic heterocycles. The molecule has 0 aliphatic carbocycles. The van der Waals surface area contributed by atoms with E-state index in [1.165, 1.54) is 0 Å². The standard InChI is InChI=1S/C24H32N2O3/c1-5-6-14-25-24(28)19(3)26(17-20-10-12-22(29-4)13-11-20)23(27)16-21-9-7-8-18(2)15-21/h7-13,15,19H,5-6,14,16-17H2,1-4H3,(H,25,28). The van der Waals surface area contributed by atoms with Crippen LogP contribution in [-0.4, -0.2) is 36.4 Å². The summed E-state index contributed by atoms with van der Waals surface area (Å²) in [6.07, 6.45) is 2.20. The van der Waals surface area contributed by atoms with Crippen LogP contribution in [-0.2, 0) is 22.6 Å². The quantitative estimate of drug-likeness (QED) is 0.620. The number of carbonyl (C=O) groups is 2. The van der Waals surface area contributed by atoms with Gasteiger partial charge in [0.2, 0.25) is 11.8 Å². The summed E-state index contributed by atoms with van der Waals surface area (Å²) in [7, 11) is 1.62. The van der Waals surface area contributed by atoms with E-state index in [1.807, 2.05) is 55.5 Å². The van der Waals surface area contributed by atoms with E-state index >= 15 is 0 Å². The van der Waals surface area contributed by atoms with Crippen molar-refractivity contribution in [3.05, 3.63) is 65.2 Å². The molecule has 0 aliphatic rings. The van der Waals surface area contributed by atoms with Gasteiger partial charge in [-0.25, -0.2) is 0 Å². The minimum atomic E-state index is -0.550. The van der Waals surface area contributed by atoms with Gasteiger partial charge >= 0.3 is 0 Å². The number of amides is 2. The Morgan fingerprint density at radius 2 is 1.83 bits per heavy atom. The van der Waals surface area contributed by atoms with Gasteiger partial charge in [0.15, 0.2) is 0 Å². The first kappa shape index (κ1) is 22.5. The highest BCUT2D eigenvalue weighted by molar-refractivity contribution is 5.88. The average Bonchev–Trinajstić information content (AvgIpc) is 2.72. The fraction of sp³-hybridized carbons (Fsp3) is 0.417. The summed E-state index contributed by atoms with van der Waals surface area (Å²) in [6, 6.07) is 14.9. The summed E-state index contributed by atoms with van der Waals surface area (Å²) in [5.41, 5.74) is 3.02. The highest BCUT2D eigenvalue weighted by atomic mass is 16.5. The van der Waals surface area contributed by atoms with Gasteiger partial charge in [-0.15, -0.1) is 0 Å². The van der Waals surface area contributed by atoms with Crippen LogP contribution in [0.25, 0.3) is 0 Å². The predicted molar refractivity (Wildman–Crippen MR) is 116 cm³/mol. The summed E-state index contributed by atoms with van der Waals surface area (Å²) in [5.74, 6) is 0.575. The maximum Gasteiger partial charge on any atom is 0.242 e. The molecular weight excluding hydrogens is 364 g/mol. The lowest BCUT2D eigenvalue weighted by Crippen LogP contribution is -2.48. The summed E-state index contributed by atoms with van der Waals surface area (Å²) >= 11 is 0. The second-order valence-corrected chi connectivity index (χ2v) is 7.36. The van der Waals surface area contributed by atoms with Gasteiger partial charge < -0.3 is 15.0 Å². The van der Waals surface area contributed by atoms with E-state index < -0.39 is 6.04 Å². The molecular formula is C24H32N2O3. The first-order valence-electron chi connectivity index (χ1n) is 10.2. The Morgan fingerprint density at radius 1 is 1.10 bits per heavy atom. The van der Waals surface area contributed by atoms with Crippen LogP contribution in [0.5, 0.6) is 5.75 Å². The number of methoxy groups -OCH3 is 1. The van der Waals surface area contributed by atoms with Gasteiger partial charge in [0.1, 0.15) is 11.8 Å². The van der Waals surface area contributed by atoms with E-state index in [9.17, 15) is 9.59 Å². The molecule has 0 bridgehead atoms. The summed E-state index contributed by atoms with van der Waals surface area (Å²) < 4.78 is 5.21. The van der Waals surface area contributed by atoms with Crippen molar-refractivity contribution in [1.82, 2.24) is 10.2 Å². The molecule has 156 valence electrons. The summed E-state index contributed by atoms with van der Waals surface area (Å²) in [5, 5.41) is 2.94. The first-order chi connectivity index (χ1) is 13.9. The lowest BCUT2D eigenvalue weighted by molar-refractivity contribution is -0.140. The minimum absolute atomic E-state index is 0.0652. The molecule has 0 spiro atoms. The van der Waals surface area contributed by atoms with Crippen LogP contribution in [0.3, 0.4) is 0 Å². The van der Waals surface area contributed by atoms with Gasteiger partial charge in [-0.05, 0) is 43.5 Å². The van der Waals surface area contributed by atoms with Gasteiger partial charge in [0, 0.05) is 13.1 Å². The third-order valence-corrected chi connectivity index (χ3v) is 4.95. The van der Waals surface area contributed by atoms with Crippen molar-refractivity contribution < 1.29 is 14.3 Å². The van der Waals surface area contributed by atoms with Gasteiger partial charge in [-0.2, -0.15) is 0 Å². The largest absolute Gasteiger partial charge is 0.497 e. The Bertz CT molecular complexity index is 802. The minimum Gasteiger partial charge on any atom is -0.497 e. The molecule has 1 unspecified atom stereocenters. The molecule has 0 saturated carbocycles. The molecule has 0 fully saturated rings. The Labute approximate surface area is 174 Å². The Morgan fingerprint density at radius 3 is 2.45 bits per heavy atom. The fourth-order valence-electron chi connectivity index (χ4n) is 3.14. The number of aryl methyl sites for hydroxylation is 1.